The summed E-state index contributed by atoms with van der Waals surface area (Å²) in [7, 11) is 1.38. The zero-order valence-corrected chi connectivity index (χ0v) is 14.8. The predicted molar refractivity (Wildman–Crippen MR) is 95.1 cm³/mol. The molecule has 0 aliphatic rings. The molecule has 0 spiro atoms. The molecule has 3 rings (SSSR count). The fraction of sp³-hybridized carbons (Fsp3) is 0.412. The number of methoxy groups -OCH3 is 1. The van der Waals surface area contributed by atoms with Gasteiger partial charge in [0.25, 0.3) is 0 Å². The van der Waals surface area contributed by atoms with E-state index in [1.165, 1.54) is 18.9 Å². The van der Waals surface area contributed by atoms with Crippen LogP contribution >= 0.6 is 11.8 Å². The van der Waals surface area contributed by atoms with E-state index in [9.17, 15) is 4.79 Å². The van der Waals surface area contributed by atoms with Crippen molar-refractivity contribution in [2.45, 2.75) is 43.6 Å². The summed E-state index contributed by atoms with van der Waals surface area (Å²) in [5, 5.41) is 9.73. The van der Waals surface area contributed by atoms with E-state index >= 15 is 0 Å². The van der Waals surface area contributed by atoms with Gasteiger partial charge in [-0.3, -0.25) is 4.79 Å². The third-order valence-electron chi connectivity index (χ3n) is 3.91. The SMILES string of the molecule is CCCCn1c2ccccc2c2nnc(S[C@@H](C)C(=O)OC)nc21. The first-order chi connectivity index (χ1) is 11.7. The highest BCUT2D eigenvalue weighted by Crippen LogP contribution is 2.28. The van der Waals surface area contributed by atoms with Crippen LogP contribution in [-0.2, 0) is 16.1 Å². The molecule has 24 heavy (non-hydrogen) atoms. The fourth-order valence-electron chi connectivity index (χ4n) is 2.65. The maximum absolute atomic E-state index is 11.6. The highest BCUT2D eigenvalue weighted by atomic mass is 32.2. The van der Waals surface area contributed by atoms with Crippen molar-refractivity contribution in [2.75, 3.05) is 7.11 Å². The molecule has 0 saturated heterocycles. The van der Waals surface area contributed by atoms with Gasteiger partial charge >= 0.3 is 5.97 Å². The summed E-state index contributed by atoms with van der Waals surface area (Å²) in [6, 6.07) is 8.14. The van der Waals surface area contributed by atoms with Crippen LogP contribution in [-0.4, -0.2) is 38.1 Å². The van der Waals surface area contributed by atoms with Crippen LogP contribution < -0.4 is 0 Å². The molecule has 0 amide bonds. The van der Waals surface area contributed by atoms with E-state index in [1.54, 1.807) is 6.92 Å². The van der Waals surface area contributed by atoms with E-state index in [4.69, 9.17) is 4.74 Å². The number of carbonyl (C=O) groups excluding carboxylic acids is 1. The number of esters is 1. The minimum absolute atomic E-state index is 0.296. The third-order valence-corrected chi connectivity index (χ3v) is 4.83. The molecule has 2 heterocycles. The number of aryl methyl sites for hydroxylation is 1. The lowest BCUT2D eigenvalue weighted by Crippen LogP contribution is -2.15. The highest BCUT2D eigenvalue weighted by molar-refractivity contribution is 8.00. The summed E-state index contributed by atoms with van der Waals surface area (Å²) in [6.07, 6.45) is 2.17. The molecular formula is C17H20N4O2S. The van der Waals surface area contributed by atoms with Gasteiger partial charge in [-0.05, 0) is 19.4 Å². The first-order valence-electron chi connectivity index (χ1n) is 8.01. The molecule has 0 unspecified atom stereocenters. The number of rotatable bonds is 6. The standard InChI is InChI=1S/C17H20N4O2S/c1-4-5-10-21-13-9-7-6-8-12(13)14-15(21)18-17(20-19-14)24-11(2)16(22)23-3/h6-9,11H,4-5,10H2,1-3H3/t11-/m0/s1. The molecule has 0 aliphatic heterocycles. The molecule has 3 aromatic rings. The summed E-state index contributed by atoms with van der Waals surface area (Å²) < 4.78 is 6.95. The second kappa shape index (κ2) is 7.17. The van der Waals surface area contributed by atoms with Gasteiger partial charge in [-0.2, -0.15) is 0 Å². The van der Waals surface area contributed by atoms with E-state index in [1.807, 2.05) is 18.2 Å². The summed E-state index contributed by atoms with van der Waals surface area (Å²) in [5.74, 6) is -0.296. The maximum atomic E-state index is 11.6. The predicted octanol–water partition coefficient (Wildman–Crippen LogP) is 3.43. The molecule has 7 heteroatoms. The summed E-state index contributed by atoms with van der Waals surface area (Å²) in [4.78, 5) is 16.3. The number of hydrogen-bond donors (Lipinski definition) is 0. The monoisotopic (exact) mass is 344 g/mol. The minimum atomic E-state index is -0.372. The second-order valence-corrected chi connectivity index (χ2v) is 6.88. The Morgan fingerprint density at radius 3 is 2.88 bits per heavy atom. The Labute approximate surface area is 144 Å². The smallest absolute Gasteiger partial charge is 0.318 e. The first kappa shape index (κ1) is 16.7. The van der Waals surface area contributed by atoms with Crippen molar-refractivity contribution in [2.24, 2.45) is 0 Å². The molecule has 0 radical (unpaired) electrons. The number of hydrogen-bond acceptors (Lipinski definition) is 6. The number of para-hydroxylation sites is 1. The van der Waals surface area contributed by atoms with Gasteiger partial charge in [0.05, 0.1) is 12.6 Å². The quantitative estimate of drug-likeness (QED) is 0.504. The van der Waals surface area contributed by atoms with E-state index in [0.29, 0.717) is 5.16 Å². The number of ether oxygens (including phenoxy) is 1. The molecule has 1 atom stereocenters. The number of benzene rings is 1. The number of unbranched alkanes of at least 4 members (excludes halogenated alkanes) is 1. The van der Waals surface area contributed by atoms with E-state index < -0.39 is 0 Å². The molecule has 2 aromatic heterocycles. The molecular weight excluding hydrogens is 324 g/mol. The average molecular weight is 344 g/mol. The normalized spacial score (nSPS) is 12.6. The van der Waals surface area contributed by atoms with E-state index in [2.05, 4.69) is 32.7 Å². The first-order valence-corrected chi connectivity index (χ1v) is 8.89. The van der Waals surface area contributed by atoms with Crippen molar-refractivity contribution in [1.29, 1.82) is 0 Å². The molecule has 0 N–H and O–H groups in total. The molecule has 126 valence electrons. The van der Waals surface area contributed by atoms with Gasteiger partial charge in [-0.15, -0.1) is 10.2 Å². The zero-order valence-electron chi connectivity index (χ0n) is 14.0. The van der Waals surface area contributed by atoms with Crippen molar-refractivity contribution in [3.63, 3.8) is 0 Å². The van der Waals surface area contributed by atoms with Crippen LogP contribution in [0.4, 0.5) is 0 Å². The number of aromatic nitrogens is 4. The number of thioether (sulfide) groups is 1. The summed E-state index contributed by atoms with van der Waals surface area (Å²) in [5.41, 5.74) is 2.74. The van der Waals surface area contributed by atoms with Crippen LogP contribution in [0.15, 0.2) is 29.4 Å². The second-order valence-electron chi connectivity index (χ2n) is 5.57. The van der Waals surface area contributed by atoms with Gasteiger partial charge < -0.3 is 9.30 Å². The fourth-order valence-corrected chi connectivity index (χ4v) is 3.39. The molecule has 6 nitrogen and oxygen atoms in total. The maximum Gasteiger partial charge on any atom is 0.318 e. The van der Waals surface area contributed by atoms with Crippen molar-refractivity contribution in [3.8, 4) is 0 Å². The van der Waals surface area contributed by atoms with Crippen LogP contribution in [0.25, 0.3) is 22.1 Å². The Morgan fingerprint density at radius 2 is 2.12 bits per heavy atom. The van der Waals surface area contributed by atoms with Crippen LogP contribution in [0.2, 0.25) is 0 Å². The van der Waals surface area contributed by atoms with Crippen LogP contribution in [0.1, 0.15) is 26.7 Å². The molecule has 0 bridgehead atoms. The van der Waals surface area contributed by atoms with Crippen molar-refractivity contribution < 1.29 is 9.53 Å². The van der Waals surface area contributed by atoms with E-state index in [-0.39, 0.29) is 11.2 Å². The van der Waals surface area contributed by atoms with Crippen LogP contribution in [0.3, 0.4) is 0 Å². The van der Waals surface area contributed by atoms with Gasteiger partial charge in [-0.25, -0.2) is 4.98 Å². The lowest BCUT2D eigenvalue weighted by Gasteiger charge is -2.08. The van der Waals surface area contributed by atoms with Gasteiger partial charge in [0.15, 0.2) is 5.65 Å². The molecule has 1 aromatic carbocycles. The average Bonchev–Trinajstić information content (AvgIpc) is 2.92. The van der Waals surface area contributed by atoms with E-state index in [0.717, 1.165) is 41.5 Å². The number of carbonyl (C=O) groups is 1. The van der Waals surface area contributed by atoms with Gasteiger partial charge in [0, 0.05) is 11.9 Å². The van der Waals surface area contributed by atoms with Crippen molar-refractivity contribution in [3.05, 3.63) is 24.3 Å². The Morgan fingerprint density at radius 1 is 1.33 bits per heavy atom. The molecule has 0 fully saturated rings. The highest BCUT2D eigenvalue weighted by Gasteiger charge is 2.19. The topological polar surface area (TPSA) is 69.9 Å². The number of fused-ring (bicyclic) bond motifs is 3. The van der Waals surface area contributed by atoms with Gasteiger partial charge in [0.1, 0.15) is 10.8 Å². The third kappa shape index (κ3) is 3.08. The van der Waals surface area contributed by atoms with Crippen LogP contribution in [0, 0.1) is 0 Å². The Bertz CT molecular complexity index is 878. The largest absolute Gasteiger partial charge is 0.468 e. The van der Waals surface area contributed by atoms with Gasteiger partial charge in [0.2, 0.25) is 5.16 Å². The Kier molecular flexibility index (Phi) is 4.99. The lowest BCUT2D eigenvalue weighted by molar-refractivity contribution is -0.139. The van der Waals surface area contributed by atoms with Crippen LogP contribution in [0.5, 0.6) is 0 Å². The Balaban J connectivity index is 2.07. The van der Waals surface area contributed by atoms with Crippen molar-refractivity contribution in [1.82, 2.24) is 19.7 Å². The summed E-state index contributed by atoms with van der Waals surface area (Å²) >= 11 is 1.26. The molecule has 0 saturated carbocycles. The lowest BCUT2D eigenvalue weighted by atomic mass is 10.2. The minimum Gasteiger partial charge on any atom is -0.468 e. The summed E-state index contributed by atoms with van der Waals surface area (Å²) in [6.45, 7) is 4.83. The zero-order chi connectivity index (χ0) is 17.1. The molecule has 0 aliphatic carbocycles. The van der Waals surface area contributed by atoms with Gasteiger partial charge in [-0.1, -0.05) is 43.3 Å². The van der Waals surface area contributed by atoms with Crippen molar-refractivity contribution >= 4 is 39.8 Å². The Hall–Kier alpha value is -2.15. The number of nitrogens with zero attached hydrogens (tertiary/aromatic N) is 4.